The van der Waals surface area contributed by atoms with Gasteiger partial charge in [-0.3, -0.25) is 4.68 Å². The van der Waals surface area contributed by atoms with Crippen LogP contribution < -0.4 is 5.73 Å². The van der Waals surface area contributed by atoms with Crippen LogP contribution in [0.2, 0.25) is 0 Å². The van der Waals surface area contributed by atoms with Crippen molar-refractivity contribution in [2.75, 3.05) is 0 Å². The quantitative estimate of drug-likeness (QED) is 0.797. The van der Waals surface area contributed by atoms with E-state index >= 15 is 0 Å². The smallest absolute Gasteiger partial charge is 0.0826 e. The summed E-state index contributed by atoms with van der Waals surface area (Å²) in [4.78, 5) is 0. The first kappa shape index (κ1) is 9.71. The molecule has 0 radical (unpaired) electrons. The molecule has 0 unspecified atom stereocenters. The number of nitrogens with zero attached hydrogens (tertiary/aromatic N) is 2. The van der Waals surface area contributed by atoms with E-state index in [1.165, 1.54) is 5.69 Å². The maximum absolute atomic E-state index is 6.13. The van der Waals surface area contributed by atoms with Crippen molar-refractivity contribution in [2.45, 2.75) is 51.6 Å². The zero-order valence-electron chi connectivity index (χ0n) is 9.25. The van der Waals surface area contributed by atoms with Crippen LogP contribution in [0.15, 0.2) is 6.07 Å². The van der Waals surface area contributed by atoms with Crippen molar-refractivity contribution in [3.05, 3.63) is 17.5 Å². The van der Waals surface area contributed by atoms with E-state index in [1.54, 1.807) is 0 Å². The highest BCUT2D eigenvalue weighted by Gasteiger charge is 2.42. The molecule has 0 aromatic carbocycles. The van der Waals surface area contributed by atoms with E-state index in [9.17, 15) is 0 Å². The molecule has 0 amide bonds. The molecule has 1 aliphatic rings. The summed E-state index contributed by atoms with van der Waals surface area (Å²) in [6, 6.07) is 2.18. The minimum atomic E-state index is -0.0932. The zero-order valence-corrected chi connectivity index (χ0v) is 9.25. The molecule has 1 saturated carbocycles. The molecule has 3 heteroatoms. The van der Waals surface area contributed by atoms with Gasteiger partial charge in [-0.2, -0.15) is 5.10 Å². The van der Waals surface area contributed by atoms with E-state index < -0.39 is 0 Å². The highest BCUT2D eigenvalue weighted by molar-refractivity contribution is 5.25. The van der Waals surface area contributed by atoms with Crippen LogP contribution in [0, 0.1) is 0 Å². The fraction of sp³-hybridized carbons (Fsp3) is 0.727. The van der Waals surface area contributed by atoms with Crippen LogP contribution in [0.3, 0.4) is 0 Å². The lowest BCUT2D eigenvalue weighted by molar-refractivity contribution is 0.576. The zero-order chi connectivity index (χ0) is 10.3. The first-order chi connectivity index (χ1) is 6.57. The normalized spacial score (nSPS) is 18.9. The summed E-state index contributed by atoms with van der Waals surface area (Å²) in [5.41, 5.74) is 8.43. The molecule has 1 aliphatic carbocycles. The Labute approximate surface area is 85.3 Å². The van der Waals surface area contributed by atoms with Gasteiger partial charge in [0.15, 0.2) is 0 Å². The standard InChI is InChI=1S/C11H19N3/c1-4-14-9(8(2)3)7-10(13-14)11(12)5-6-11/h7-8H,4-6,12H2,1-3H3. The van der Waals surface area contributed by atoms with Crippen molar-refractivity contribution < 1.29 is 0 Å². The molecule has 0 aliphatic heterocycles. The van der Waals surface area contributed by atoms with Crippen molar-refractivity contribution in [3.8, 4) is 0 Å². The summed E-state index contributed by atoms with van der Waals surface area (Å²) in [6.07, 6.45) is 2.18. The van der Waals surface area contributed by atoms with Gasteiger partial charge in [-0.05, 0) is 31.7 Å². The molecule has 0 spiro atoms. The maximum atomic E-state index is 6.13. The second kappa shape index (κ2) is 3.09. The van der Waals surface area contributed by atoms with Crippen LogP contribution in [0.4, 0.5) is 0 Å². The minimum Gasteiger partial charge on any atom is -0.320 e. The fourth-order valence-electron chi connectivity index (χ4n) is 1.78. The Hall–Kier alpha value is -0.830. The highest BCUT2D eigenvalue weighted by Crippen LogP contribution is 2.42. The molecule has 2 rings (SSSR count). The van der Waals surface area contributed by atoms with E-state index in [1.807, 2.05) is 0 Å². The number of rotatable bonds is 3. The summed E-state index contributed by atoms with van der Waals surface area (Å²) in [5, 5.41) is 4.58. The van der Waals surface area contributed by atoms with Gasteiger partial charge in [0.2, 0.25) is 0 Å². The Morgan fingerprint density at radius 3 is 2.57 bits per heavy atom. The maximum Gasteiger partial charge on any atom is 0.0826 e. The molecule has 0 bridgehead atoms. The SMILES string of the molecule is CCn1nc(C2(N)CC2)cc1C(C)C. The second-order valence-corrected chi connectivity index (χ2v) is 4.58. The lowest BCUT2D eigenvalue weighted by Crippen LogP contribution is -2.19. The molecule has 1 aromatic heterocycles. The van der Waals surface area contributed by atoms with Crippen LogP contribution in [0.1, 0.15) is 50.9 Å². The number of aryl methyl sites for hydroxylation is 1. The lowest BCUT2D eigenvalue weighted by Gasteiger charge is -2.06. The number of aromatic nitrogens is 2. The Morgan fingerprint density at radius 2 is 2.21 bits per heavy atom. The van der Waals surface area contributed by atoms with Gasteiger partial charge in [-0.25, -0.2) is 0 Å². The lowest BCUT2D eigenvalue weighted by atomic mass is 10.1. The van der Waals surface area contributed by atoms with Crippen molar-refractivity contribution in [2.24, 2.45) is 5.73 Å². The molecule has 78 valence electrons. The fourth-order valence-corrected chi connectivity index (χ4v) is 1.78. The van der Waals surface area contributed by atoms with E-state index in [0.717, 1.165) is 25.1 Å². The number of nitrogens with two attached hydrogens (primary N) is 1. The molecule has 0 saturated heterocycles. The molecule has 3 nitrogen and oxygen atoms in total. The predicted octanol–water partition coefficient (Wildman–Crippen LogP) is 1.97. The number of hydrogen-bond acceptors (Lipinski definition) is 2. The summed E-state index contributed by atoms with van der Waals surface area (Å²) < 4.78 is 2.08. The van der Waals surface area contributed by atoms with Gasteiger partial charge < -0.3 is 5.73 Å². The van der Waals surface area contributed by atoms with Crippen LogP contribution in [-0.4, -0.2) is 9.78 Å². The van der Waals surface area contributed by atoms with Crippen LogP contribution in [0.5, 0.6) is 0 Å². The Morgan fingerprint density at radius 1 is 1.57 bits per heavy atom. The second-order valence-electron chi connectivity index (χ2n) is 4.58. The Kier molecular flexibility index (Phi) is 2.14. The van der Waals surface area contributed by atoms with E-state index in [2.05, 4.69) is 36.6 Å². The molecular weight excluding hydrogens is 174 g/mol. The van der Waals surface area contributed by atoms with Crippen molar-refractivity contribution in [1.29, 1.82) is 0 Å². The Balaban J connectivity index is 2.36. The van der Waals surface area contributed by atoms with Gasteiger partial charge in [0.05, 0.1) is 11.2 Å². The Bertz CT molecular complexity index is 334. The largest absolute Gasteiger partial charge is 0.320 e. The third kappa shape index (κ3) is 1.46. The molecule has 2 N–H and O–H groups in total. The first-order valence-electron chi connectivity index (χ1n) is 5.44. The average Bonchev–Trinajstić information content (AvgIpc) is 2.74. The third-order valence-corrected chi connectivity index (χ3v) is 3.00. The molecular formula is C11H19N3. The van der Waals surface area contributed by atoms with Crippen molar-refractivity contribution in [1.82, 2.24) is 9.78 Å². The van der Waals surface area contributed by atoms with Crippen molar-refractivity contribution in [3.63, 3.8) is 0 Å². The summed E-state index contributed by atoms with van der Waals surface area (Å²) in [6.45, 7) is 7.45. The minimum absolute atomic E-state index is 0.0932. The third-order valence-electron chi connectivity index (χ3n) is 3.00. The van der Waals surface area contributed by atoms with Crippen LogP contribution >= 0.6 is 0 Å². The molecule has 0 atom stereocenters. The predicted molar refractivity (Wildman–Crippen MR) is 57.1 cm³/mol. The van der Waals surface area contributed by atoms with Gasteiger partial charge >= 0.3 is 0 Å². The van der Waals surface area contributed by atoms with Gasteiger partial charge in [0.25, 0.3) is 0 Å². The first-order valence-corrected chi connectivity index (χ1v) is 5.44. The van der Waals surface area contributed by atoms with Gasteiger partial charge in [-0.1, -0.05) is 13.8 Å². The van der Waals surface area contributed by atoms with E-state index in [-0.39, 0.29) is 5.54 Å². The average molecular weight is 193 g/mol. The summed E-state index contributed by atoms with van der Waals surface area (Å²) >= 11 is 0. The van der Waals surface area contributed by atoms with Gasteiger partial charge in [-0.15, -0.1) is 0 Å². The molecule has 14 heavy (non-hydrogen) atoms. The van der Waals surface area contributed by atoms with E-state index in [0.29, 0.717) is 5.92 Å². The van der Waals surface area contributed by atoms with Crippen molar-refractivity contribution >= 4 is 0 Å². The van der Waals surface area contributed by atoms with Gasteiger partial charge in [0.1, 0.15) is 0 Å². The molecule has 1 fully saturated rings. The number of hydrogen-bond donors (Lipinski definition) is 1. The van der Waals surface area contributed by atoms with Gasteiger partial charge in [0, 0.05) is 12.2 Å². The molecule has 1 aromatic rings. The van der Waals surface area contributed by atoms with Crippen LogP contribution in [0.25, 0.3) is 0 Å². The van der Waals surface area contributed by atoms with Crippen LogP contribution in [-0.2, 0) is 12.1 Å². The molecule has 1 heterocycles. The van der Waals surface area contributed by atoms with E-state index in [4.69, 9.17) is 5.73 Å². The summed E-state index contributed by atoms with van der Waals surface area (Å²) in [7, 11) is 0. The topological polar surface area (TPSA) is 43.8 Å². The highest BCUT2D eigenvalue weighted by atomic mass is 15.3. The summed E-state index contributed by atoms with van der Waals surface area (Å²) in [5.74, 6) is 0.526. The monoisotopic (exact) mass is 193 g/mol.